The molecule has 0 saturated carbocycles. The van der Waals surface area contributed by atoms with Crippen molar-refractivity contribution in [3.8, 4) is 0 Å². The first-order valence-electron chi connectivity index (χ1n) is 9.51. The van der Waals surface area contributed by atoms with Gasteiger partial charge in [-0.25, -0.2) is 4.98 Å². The van der Waals surface area contributed by atoms with Crippen LogP contribution in [0.3, 0.4) is 0 Å². The molecule has 5 nitrogen and oxygen atoms in total. The highest BCUT2D eigenvalue weighted by Crippen LogP contribution is 2.30. The summed E-state index contributed by atoms with van der Waals surface area (Å²) in [5, 5.41) is 6.33. The summed E-state index contributed by atoms with van der Waals surface area (Å²) in [5.41, 5.74) is -0.0774. The number of nitrogens with zero attached hydrogens (tertiary/aromatic N) is 3. The quantitative estimate of drug-likeness (QED) is 0.398. The van der Waals surface area contributed by atoms with Crippen LogP contribution in [-0.2, 0) is 12.7 Å². The van der Waals surface area contributed by atoms with Gasteiger partial charge in [0, 0.05) is 32.0 Å². The molecular weight excluding hydrogens is 367 g/mol. The lowest BCUT2D eigenvalue weighted by Gasteiger charge is -2.19. The van der Waals surface area contributed by atoms with Crippen molar-refractivity contribution in [2.45, 2.75) is 52.4 Å². The maximum Gasteiger partial charge on any atom is 0.416 e. The Morgan fingerprint density at radius 1 is 1.29 bits per heavy atom. The van der Waals surface area contributed by atoms with Crippen molar-refractivity contribution in [3.63, 3.8) is 0 Å². The van der Waals surface area contributed by atoms with Gasteiger partial charge in [-0.3, -0.25) is 4.99 Å². The number of aromatic nitrogens is 2. The second-order valence-electron chi connectivity index (χ2n) is 6.62. The molecule has 1 aromatic heterocycles. The number of unbranched alkanes of at least 4 members (excludes halogenated alkanes) is 1. The molecule has 0 aliphatic carbocycles. The molecule has 2 N–H and O–H groups in total. The SMILES string of the molecule is CCNC(=NCCCCn1ccnc1C)NC(C)c1cccc(C(F)(F)F)c1. The summed E-state index contributed by atoms with van der Waals surface area (Å²) in [6, 6.07) is 5.07. The smallest absolute Gasteiger partial charge is 0.357 e. The molecule has 0 aliphatic rings. The van der Waals surface area contributed by atoms with E-state index in [1.54, 1.807) is 12.3 Å². The number of aryl methyl sites for hydroxylation is 2. The maximum atomic E-state index is 12.9. The Labute approximate surface area is 164 Å². The van der Waals surface area contributed by atoms with E-state index in [0.717, 1.165) is 31.3 Å². The van der Waals surface area contributed by atoms with Crippen LogP contribution in [0.1, 0.15) is 49.7 Å². The number of benzene rings is 1. The number of nitrogens with one attached hydrogen (secondary N) is 2. The minimum Gasteiger partial charge on any atom is -0.357 e. The number of imidazole rings is 1. The zero-order valence-electron chi connectivity index (χ0n) is 16.6. The first-order chi connectivity index (χ1) is 13.3. The van der Waals surface area contributed by atoms with Crippen LogP contribution < -0.4 is 10.6 Å². The first kappa shape index (κ1) is 21.8. The molecule has 0 saturated heterocycles. The molecule has 1 unspecified atom stereocenters. The van der Waals surface area contributed by atoms with E-state index < -0.39 is 11.7 Å². The third-order valence-electron chi connectivity index (χ3n) is 4.41. The fourth-order valence-electron chi connectivity index (χ4n) is 2.82. The molecule has 2 rings (SSSR count). The number of hydrogen-bond acceptors (Lipinski definition) is 2. The van der Waals surface area contributed by atoms with E-state index in [1.807, 2.05) is 27.0 Å². The van der Waals surface area contributed by atoms with Gasteiger partial charge in [-0.2, -0.15) is 13.2 Å². The van der Waals surface area contributed by atoms with Crippen molar-refractivity contribution < 1.29 is 13.2 Å². The van der Waals surface area contributed by atoms with Crippen molar-refractivity contribution in [1.29, 1.82) is 0 Å². The summed E-state index contributed by atoms with van der Waals surface area (Å²) in [7, 11) is 0. The molecule has 8 heteroatoms. The van der Waals surface area contributed by atoms with Crippen molar-refractivity contribution in [1.82, 2.24) is 20.2 Å². The molecule has 0 radical (unpaired) electrons. The summed E-state index contributed by atoms with van der Waals surface area (Å²) >= 11 is 0. The largest absolute Gasteiger partial charge is 0.416 e. The van der Waals surface area contributed by atoms with Gasteiger partial charge in [-0.15, -0.1) is 0 Å². The fraction of sp³-hybridized carbons (Fsp3) is 0.500. The zero-order chi connectivity index (χ0) is 20.6. The fourth-order valence-corrected chi connectivity index (χ4v) is 2.82. The van der Waals surface area contributed by atoms with Crippen LogP contribution in [0, 0.1) is 6.92 Å². The molecule has 154 valence electrons. The lowest BCUT2D eigenvalue weighted by Crippen LogP contribution is -2.38. The van der Waals surface area contributed by atoms with Gasteiger partial charge < -0.3 is 15.2 Å². The second kappa shape index (κ2) is 10.1. The van der Waals surface area contributed by atoms with Crippen LogP contribution in [0.5, 0.6) is 0 Å². The van der Waals surface area contributed by atoms with Crippen molar-refractivity contribution in [2.75, 3.05) is 13.1 Å². The molecule has 0 fully saturated rings. The molecule has 0 bridgehead atoms. The normalized spacial score (nSPS) is 13.4. The Hall–Kier alpha value is -2.51. The van der Waals surface area contributed by atoms with E-state index >= 15 is 0 Å². The number of halogens is 3. The first-order valence-corrected chi connectivity index (χ1v) is 9.51. The van der Waals surface area contributed by atoms with Gasteiger partial charge in [-0.05, 0) is 51.3 Å². The average Bonchev–Trinajstić information content (AvgIpc) is 3.06. The molecule has 1 aromatic carbocycles. The van der Waals surface area contributed by atoms with Gasteiger partial charge in [-0.1, -0.05) is 12.1 Å². The number of alkyl halides is 3. The topological polar surface area (TPSA) is 54.2 Å². The standard InChI is InChI=1S/C20H28F3N5/c1-4-24-19(26-10-5-6-12-28-13-11-25-16(28)3)27-15(2)17-8-7-9-18(14-17)20(21,22)23/h7-9,11,13-15H,4-6,10,12H2,1-3H3,(H2,24,26,27). The van der Waals surface area contributed by atoms with Crippen LogP contribution >= 0.6 is 0 Å². The Morgan fingerprint density at radius 3 is 2.71 bits per heavy atom. The summed E-state index contributed by atoms with van der Waals surface area (Å²) in [5.74, 6) is 1.60. The second-order valence-corrected chi connectivity index (χ2v) is 6.62. The maximum absolute atomic E-state index is 12.9. The summed E-state index contributed by atoms with van der Waals surface area (Å²) in [6.45, 7) is 7.96. The molecule has 28 heavy (non-hydrogen) atoms. The zero-order valence-corrected chi connectivity index (χ0v) is 16.6. The molecule has 1 atom stereocenters. The van der Waals surface area contributed by atoms with Gasteiger partial charge in [0.25, 0.3) is 0 Å². The van der Waals surface area contributed by atoms with E-state index in [0.29, 0.717) is 24.6 Å². The predicted molar refractivity (Wildman–Crippen MR) is 105 cm³/mol. The minimum absolute atomic E-state index is 0.298. The third kappa shape index (κ3) is 6.58. The third-order valence-corrected chi connectivity index (χ3v) is 4.41. The Morgan fingerprint density at radius 2 is 2.07 bits per heavy atom. The molecule has 0 amide bonds. The summed E-state index contributed by atoms with van der Waals surface area (Å²) < 4.78 is 40.9. The minimum atomic E-state index is -4.35. The molecule has 1 heterocycles. The number of rotatable bonds is 8. The molecular formula is C20H28F3N5. The average molecular weight is 395 g/mol. The number of aliphatic imine (C=N–C) groups is 1. The van der Waals surface area contributed by atoms with Crippen molar-refractivity contribution in [3.05, 3.63) is 53.6 Å². The lowest BCUT2D eigenvalue weighted by molar-refractivity contribution is -0.137. The van der Waals surface area contributed by atoms with E-state index in [9.17, 15) is 13.2 Å². The van der Waals surface area contributed by atoms with E-state index in [2.05, 4.69) is 25.2 Å². The van der Waals surface area contributed by atoms with Gasteiger partial charge in [0.05, 0.1) is 11.6 Å². The van der Waals surface area contributed by atoms with Crippen molar-refractivity contribution >= 4 is 5.96 Å². The van der Waals surface area contributed by atoms with Crippen LogP contribution in [0.2, 0.25) is 0 Å². The summed E-state index contributed by atoms with van der Waals surface area (Å²) in [6.07, 6.45) is 1.29. The molecule has 2 aromatic rings. The van der Waals surface area contributed by atoms with Gasteiger partial charge in [0.15, 0.2) is 5.96 Å². The van der Waals surface area contributed by atoms with Gasteiger partial charge in [0.2, 0.25) is 0 Å². The Kier molecular flexibility index (Phi) is 7.90. The summed E-state index contributed by atoms with van der Waals surface area (Å²) in [4.78, 5) is 8.73. The highest BCUT2D eigenvalue weighted by atomic mass is 19.4. The van der Waals surface area contributed by atoms with Crippen LogP contribution in [0.15, 0.2) is 41.7 Å². The molecule has 0 aliphatic heterocycles. The highest BCUT2D eigenvalue weighted by Gasteiger charge is 2.30. The molecule has 0 spiro atoms. The Bertz CT molecular complexity index is 767. The highest BCUT2D eigenvalue weighted by molar-refractivity contribution is 5.80. The predicted octanol–water partition coefficient (Wildman–Crippen LogP) is 4.31. The lowest BCUT2D eigenvalue weighted by atomic mass is 10.1. The van der Waals surface area contributed by atoms with E-state index in [4.69, 9.17) is 0 Å². The van der Waals surface area contributed by atoms with Gasteiger partial charge in [0.1, 0.15) is 5.82 Å². The van der Waals surface area contributed by atoms with E-state index in [1.165, 1.54) is 12.1 Å². The van der Waals surface area contributed by atoms with Crippen LogP contribution in [-0.4, -0.2) is 28.6 Å². The van der Waals surface area contributed by atoms with Gasteiger partial charge >= 0.3 is 6.18 Å². The van der Waals surface area contributed by atoms with Crippen LogP contribution in [0.25, 0.3) is 0 Å². The Balaban J connectivity index is 1.90. The van der Waals surface area contributed by atoms with Crippen LogP contribution in [0.4, 0.5) is 13.2 Å². The van der Waals surface area contributed by atoms with Crippen molar-refractivity contribution in [2.24, 2.45) is 4.99 Å². The number of hydrogen-bond donors (Lipinski definition) is 2. The van der Waals surface area contributed by atoms with E-state index in [-0.39, 0.29) is 6.04 Å². The monoisotopic (exact) mass is 395 g/mol. The number of guanidine groups is 1.